The maximum absolute atomic E-state index is 10.8. The molecule has 1 aromatic carbocycles. The zero-order valence-electron chi connectivity index (χ0n) is 10.8. The monoisotopic (exact) mass is 280 g/mol. The lowest BCUT2D eigenvalue weighted by Gasteiger charge is -2.25. The van der Waals surface area contributed by atoms with Crippen LogP contribution in [-0.2, 0) is 0 Å². The van der Waals surface area contributed by atoms with E-state index in [9.17, 15) is 4.79 Å². The van der Waals surface area contributed by atoms with Gasteiger partial charge in [0, 0.05) is 23.8 Å². The maximum Gasteiger partial charge on any atom is 0.407 e. The molecular formula is C14H17ClN2O2. The Balaban J connectivity index is 2.17. The Hall–Kier alpha value is -1.68. The van der Waals surface area contributed by atoms with Gasteiger partial charge in [-0.3, -0.25) is 0 Å². The summed E-state index contributed by atoms with van der Waals surface area (Å²) in [7, 11) is 0. The minimum atomic E-state index is -0.845. The summed E-state index contributed by atoms with van der Waals surface area (Å²) in [6.07, 6.45) is 2.76. The van der Waals surface area contributed by atoms with E-state index in [1.54, 1.807) is 6.07 Å². The van der Waals surface area contributed by atoms with Crippen molar-refractivity contribution >= 4 is 29.5 Å². The second-order valence-electron chi connectivity index (χ2n) is 4.78. The number of hydrogen-bond donors (Lipinski definition) is 2. The van der Waals surface area contributed by atoms with E-state index in [1.165, 1.54) is 10.5 Å². The van der Waals surface area contributed by atoms with E-state index in [2.05, 4.69) is 6.08 Å². The second kappa shape index (κ2) is 5.53. The van der Waals surface area contributed by atoms with E-state index < -0.39 is 6.09 Å². The van der Waals surface area contributed by atoms with Crippen molar-refractivity contribution in [2.75, 3.05) is 18.8 Å². The van der Waals surface area contributed by atoms with Gasteiger partial charge in [-0.25, -0.2) is 4.79 Å². The number of benzene rings is 1. The highest BCUT2D eigenvalue weighted by Gasteiger charge is 2.17. The van der Waals surface area contributed by atoms with Crippen LogP contribution in [0.5, 0.6) is 0 Å². The largest absolute Gasteiger partial charge is 0.465 e. The zero-order valence-corrected chi connectivity index (χ0v) is 11.6. The molecule has 3 N–H and O–H groups in total. The Morgan fingerprint density at radius 2 is 2.05 bits per heavy atom. The van der Waals surface area contributed by atoms with Gasteiger partial charge >= 0.3 is 6.09 Å². The number of piperidine rings is 1. The Labute approximate surface area is 117 Å². The van der Waals surface area contributed by atoms with Gasteiger partial charge in [0.25, 0.3) is 0 Å². The minimum absolute atomic E-state index is 0.552. The predicted octanol–water partition coefficient (Wildman–Crippen LogP) is 3.39. The molecule has 1 fully saturated rings. The summed E-state index contributed by atoms with van der Waals surface area (Å²) in [6.45, 7) is 3.07. The van der Waals surface area contributed by atoms with Crippen LogP contribution in [0.4, 0.5) is 10.5 Å². The van der Waals surface area contributed by atoms with Crippen molar-refractivity contribution in [3.8, 4) is 0 Å². The van der Waals surface area contributed by atoms with Crippen molar-refractivity contribution in [1.29, 1.82) is 0 Å². The average Bonchev–Trinajstić information content (AvgIpc) is 2.36. The molecule has 0 unspecified atom stereocenters. The van der Waals surface area contributed by atoms with Crippen molar-refractivity contribution in [3.63, 3.8) is 0 Å². The molecule has 1 aromatic rings. The minimum Gasteiger partial charge on any atom is -0.465 e. The van der Waals surface area contributed by atoms with E-state index in [1.807, 2.05) is 13.0 Å². The Morgan fingerprint density at radius 1 is 1.42 bits per heavy atom. The molecule has 0 spiro atoms. The van der Waals surface area contributed by atoms with Gasteiger partial charge in [-0.2, -0.15) is 0 Å². The fourth-order valence-electron chi connectivity index (χ4n) is 2.22. The molecule has 19 heavy (non-hydrogen) atoms. The first-order valence-electron chi connectivity index (χ1n) is 6.20. The van der Waals surface area contributed by atoms with Crippen LogP contribution in [0.25, 0.3) is 6.08 Å². The first kappa shape index (κ1) is 13.7. The van der Waals surface area contributed by atoms with E-state index in [-0.39, 0.29) is 0 Å². The van der Waals surface area contributed by atoms with Crippen LogP contribution in [0.15, 0.2) is 17.7 Å². The molecule has 5 heteroatoms. The van der Waals surface area contributed by atoms with Crippen LogP contribution in [0.3, 0.4) is 0 Å². The molecule has 2 rings (SSSR count). The first-order chi connectivity index (χ1) is 8.97. The van der Waals surface area contributed by atoms with Gasteiger partial charge in [0.05, 0.1) is 0 Å². The van der Waals surface area contributed by atoms with Gasteiger partial charge in [0.2, 0.25) is 0 Å². The highest BCUT2D eigenvalue weighted by molar-refractivity contribution is 6.31. The lowest BCUT2D eigenvalue weighted by Crippen LogP contribution is -2.35. The molecule has 0 aliphatic carbocycles. The van der Waals surface area contributed by atoms with Crippen LogP contribution in [0.1, 0.15) is 24.0 Å². The third-order valence-electron chi connectivity index (χ3n) is 3.49. The Bertz CT molecular complexity index is 530. The summed E-state index contributed by atoms with van der Waals surface area (Å²) in [6, 6.07) is 3.63. The molecule has 102 valence electrons. The number of rotatable bonds is 1. The molecule has 1 aliphatic heterocycles. The summed E-state index contributed by atoms with van der Waals surface area (Å²) in [4.78, 5) is 12.3. The van der Waals surface area contributed by atoms with Crippen molar-refractivity contribution in [2.45, 2.75) is 19.8 Å². The number of carbonyl (C=O) groups is 1. The van der Waals surface area contributed by atoms with E-state index in [4.69, 9.17) is 22.4 Å². The lowest BCUT2D eigenvalue weighted by molar-refractivity contribution is 0.142. The van der Waals surface area contributed by atoms with Crippen molar-refractivity contribution < 1.29 is 9.90 Å². The van der Waals surface area contributed by atoms with Crippen LogP contribution in [0.2, 0.25) is 5.02 Å². The fourth-order valence-corrected chi connectivity index (χ4v) is 2.46. The van der Waals surface area contributed by atoms with Crippen molar-refractivity contribution in [1.82, 2.24) is 4.90 Å². The normalized spacial score (nSPS) is 15.5. The average molecular weight is 281 g/mol. The Kier molecular flexibility index (Phi) is 4.00. The summed E-state index contributed by atoms with van der Waals surface area (Å²) >= 11 is 6.01. The van der Waals surface area contributed by atoms with Crippen molar-refractivity contribution in [3.05, 3.63) is 33.9 Å². The van der Waals surface area contributed by atoms with Gasteiger partial charge in [0.15, 0.2) is 0 Å². The van der Waals surface area contributed by atoms with E-state index in [0.29, 0.717) is 23.8 Å². The zero-order chi connectivity index (χ0) is 14.0. The number of hydrogen-bond acceptors (Lipinski definition) is 2. The summed E-state index contributed by atoms with van der Waals surface area (Å²) in [5.74, 6) is 0. The van der Waals surface area contributed by atoms with Crippen LogP contribution in [-0.4, -0.2) is 29.2 Å². The van der Waals surface area contributed by atoms with Gasteiger partial charge in [-0.1, -0.05) is 23.3 Å². The van der Waals surface area contributed by atoms with E-state index >= 15 is 0 Å². The standard InChI is InChI=1S/C14H17ClN2O2/c1-9-11(7-12(15)8-13(9)16)6-10-2-4-17(5-3-10)14(18)19/h6-8H,2-5,16H2,1H3,(H,18,19). The number of nitrogen functional groups attached to an aromatic ring is 1. The van der Waals surface area contributed by atoms with Gasteiger partial charge < -0.3 is 15.7 Å². The van der Waals surface area contributed by atoms with Gasteiger partial charge in [0.1, 0.15) is 0 Å². The highest BCUT2D eigenvalue weighted by atomic mass is 35.5. The van der Waals surface area contributed by atoms with E-state index in [0.717, 1.165) is 24.0 Å². The summed E-state index contributed by atoms with van der Waals surface area (Å²) in [5.41, 5.74) is 9.84. The number of likely N-dealkylation sites (tertiary alicyclic amines) is 1. The quantitative estimate of drug-likeness (QED) is 0.775. The van der Waals surface area contributed by atoms with Crippen molar-refractivity contribution in [2.24, 2.45) is 0 Å². The highest BCUT2D eigenvalue weighted by Crippen LogP contribution is 2.26. The molecule has 1 saturated heterocycles. The Morgan fingerprint density at radius 3 is 2.63 bits per heavy atom. The van der Waals surface area contributed by atoms with Crippen LogP contribution >= 0.6 is 11.6 Å². The van der Waals surface area contributed by atoms with Gasteiger partial charge in [-0.05, 0) is 43.0 Å². The number of carboxylic acid groups (broad SMARTS) is 1. The SMILES string of the molecule is Cc1c(N)cc(Cl)cc1C=C1CCN(C(=O)O)CC1. The van der Waals surface area contributed by atoms with Crippen LogP contribution in [0, 0.1) is 6.92 Å². The predicted molar refractivity (Wildman–Crippen MR) is 77.4 cm³/mol. The number of nitrogens with two attached hydrogens (primary N) is 1. The molecule has 0 atom stereocenters. The molecule has 0 radical (unpaired) electrons. The summed E-state index contributed by atoms with van der Waals surface area (Å²) < 4.78 is 0. The molecule has 0 saturated carbocycles. The molecular weight excluding hydrogens is 264 g/mol. The fraction of sp³-hybridized carbons (Fsp3) is 0.357. The summed E-state index contributed by atoms with van der Waals surface area (Å²) in [5, 5.41) is 9.53. The smallest absolute Gasteiger partial charge is 0.407 e. The molecule has 1 amide bonds. The molecule has 4 nitrogen and oxygen atoms in total. The second-order valence-corrected chi connectivity index (χ2v) is 5.22. The maximum atomic E-state index is 10.8. The number of amides is 1. The lowest BCUT2D eigenvalue weighted by atomic mass is 9.98. The number of halogens is 1. The van der Waals surface area contributed by atoms with Crippen LogP contribution < -0.4 is 5.73 Å². The molecule has 0 bridgehead atoms. The third kappa shape index (κ3) is 3.20. The number of nitrogens with zero attached hydrogens (tertiary/aromatic N) is 1. The number of anilines is 1. The van der Waals surface area contributed by atoms with Gasteiger partial charge in [-0.15, -0.1) is 0 Å². The topological polar surface area (TPSA) is 66.6 Å². The first-order valence-corrected chi connectivity index (χ1v) is 6.58. The molecule has 0 aromatic heterocycles. The molecule has 1 aliphatic rings. The third-order valence-corrected chi connectivity index (χ3v) is 3.71. The molecule has 1 heterocycles.